The van der Waals surface area contributed by atoms with Crippen LogP contribution in [0.1, 0.15) is 19.8 Å². The Balaban J connectivity index is 1.73. The number of carboxylic acids is 1. The molecular weight excluding hydrogens is 334 g/mol. The van der Waals surface area contributed by atoms with E-state index in [0.29, 0.717) is 19.5 Å². The summed E-state index contributed by atoms with van der Waals surface area (Å²) in [4.78, 5) is 37.1. The number of primary amides is 1. The van der Waals surface area contributed by atoms with Gasteiger partial charge in [-0.2, -0.15) is 0 Å². The van der Waals surface area contributed by atoms with Gasteiger partial charge in [-0.25, -0.2) is 4.79 Å². The summed E-state index contributed by atoms with van der Waals surface area (Å²) in [5.41, 5.74) is 5.24. The summed E-state index contributed by atoms with van der Waals surface area (Å²) < 4.78 is 0. The van der Waals surface area contributed by atoms with E-state index in [2.05, 4.69) is 5.32 Å². The van der Waals surface area contributed by atoms with Crippen molar-refractivity contribution in [2.75, 3.05) is 13.1 Å². The lowest BCUT2D eigenvalue weighted by atomic mass is 9.84. The maximum atomic E-state index is 12.7. The van der Waals surface area contributed by atoms with E-state index in [4.69, 9.17) is 5.73 Å². The van der Waals surface area contributed by atoms with Crippen LogP contribution in [0.4, 0.5) is 0 Å². The van der Waals surface area contributed by atoms with Crippen LogP contribution in [0.3, 0.4) is 0 Å². The number of carbonyl (C=O) groups is 3. The van der Waals surface area contributed by atoms with E-state index in [0.717, 1.165) is 0 Å². The third-order valence-corrected chi connectivity index (χ3v) is 6.20. The molecule has 0 bridgehead atoms. The minimum absolute atomic E-state index is 0.0198. The van der Waals surface area contributed by atoms with E-state index in [1.807, 2.05) is 0 Å². The van der Waals surface area contributed by atoms with Crippen molar-refractivity contribution in [1.82, 2.24) is 10.2 Å². The second-order valence-corrected chi connectivity index (χ2v) is 7.91. The monoisotopic (exact) mass is 355 g/mol. The molecule has 0 aromatic carbocycles. The third-order valence-electron chi connectivity index (χ3n) is 4.88. The van der Waals surface area contributed by atoms with Crippen LogP contribution < -0.4 is 11.1 Å². The number of carboxylic acid groups (broad SMARTS) is 1. The van der Waals surface area contributed by atoms with Gasteiger partial charge in [0.25, 0.3) is 0 Å². The third kappa shape index (κ3) is 2.91. The van der Waals surface area contributed by atoms with Gasteiger partial charge in [-0.15, -0.1) is 11.8 Å². The fourth-order valence-corrected chi connectivity index (χ4v) is 5.06. The summed E-state index contributed by atoms with van der Waals surface area (Å²) in [6.45, 7) is 2.60. The van der Waals surface area contributed by atoms with Crippen LogP contribution in [-0.2, 0) is 14.4 Å². The number of Topliss-reactive ketones (excluding diaryl/α,β-unsaturated/α-hetero) is 1. The van der Waals surface area contributed by atoms with Gasteiger partial charge in [-0.3, -0.25) is 9.59 Å². The minimum atomic E-state index is -1.11. The first-order valence-corrected chi connectivity index (χ1v) is 8.82. The van der Waals surface area contributed by atoms with Gasteiger partial charge in [0.05, 0.1) is 11.0 Å². The van der Waals surface area contributed by atoms with E-state index in [1.165, 1.54) is 11.8 Å². The first kappa shape index (κ1) is 17.2. The molecule has 132 valence electrons. The number of hydrogen-bond acceptors (Lipinski definition) is 7. The van der Waals surface area contributed by atoms with Crippen LogP contribution in [0.2, 0.25) is 0 Å². The molecule has 24 heavy (non-hydrogen) atoms. The molecule has 5 N–H and O–H groups in total. The van der Waals surface area contributed by atoms with Crippen LogP contribution in [0.25, 0.3) is 0 Å². The molecule has 0 aromatic heterocycles. The SMILES string of the molecule is CC(O)[C@H]1CN2C(C(=O)O)=C(S[C@@H]3CN[C@H](CC(N)=O)C3)C(=O)[C@@H]12. The number of nitrogens with one attached hydrogen (secondary N) is 1. The van der Waals surface area contributed by atoms with Crippen molar-refractivity contribution in [2.45, 2.75) is 43.2 Å². The van der Waals surface area contributed by atoms with Crippen molar-refractivity contribution < 1.29 is 24.6 Å². The zero-order valence-corrected chi connectivity index (χ0v) is 14.1. The number of rotatable bonds is 6. The summed E-state index contributed by atoms with van der Waals surface area (Å²) in [6, 6.07) is -0.595. The second-order valence-electron chi connectivity index (χ2n) is 6.60. The number of ketones is 1. The quantitative estimate of drug-likeness (QED) is 0.471. The fraction of sp³-hybridized carbons (Fsp3) is 0.667. The standard InChI is InChI=1S/C15H21N3O5S/c1-6(19)9-5-18-11(9)13(21)14(12(18)15(22)23)24-8-2-7(17-4-8)3-10(16)20/h6-9,11,17,19H,2-5H2,1H3,(H2,16,20)(H,22,23)/t6?,7-,8-,9+,11+/m0/s1. The zero-order valence-electron chi connectivity index (χ0n) is 13.3. The molecule has 1 amide bonds. The number of aliphatic hydroxyl groups excluding tert-OH is 1. The van der Waals surface area contributed by atoms with Crippen molar-refractivity contribution >= 4 is 29.4 Å². The van der Waals surface area contributed by atoms with Gasteiger partial charge in [-0.05, 0) is 13.3 Å². The van der Waals surface area contributed by atoms with Gasteiger partial charge >= 0.3 is 5.97 Å². The molecule has 2 saturated heterocycles. The lowest BCUT2D eigenvalue weighted by molar-refractivity contribution is -0.138. The lowest BCUT2D eigenvalue weighted by Crippen LogP contribution is -2.59. The van der Waals surface area contributed by atoms with E-state index in [-0.39, 0.29) is 45.9 Å². The van der Waals surface area contributed by atoms with Crippen molar-refractivity contribution in [2.24, 2.45) is 11.7 Å². The fourth-order valence-electron chi connectivity index (χ4n) is 3.67. The van der Waals surface area contributed by atoms with E-state index < -0.39 is 18.1 Å². The molecule has 3 aliphatic rings. The topological polar surface area (TPSA) is 133 Å². The molecule has 3 rings (SSSR count). The summed E-state index contributed by atoms with van der Waals surface area (Å²) in [7, 11) is 0. The molecule has 9 heteroatoms. The Kier molecular flexibility index (Phi) is 4.58. The van der Waals surface area contributed by atoms with Crippen LogP contribution >= 0.6 is 11.8 Å². The molecule has 0 radical (unpaired) electrons. The highest BCUT2D eigenvalue weighted by Gasteiger charge is 2.55. The maximum absolute atomic E-state index is 12.7. The van der Waals surface area contributed by atoms with Gasteiger partial charge in [0, 0.05) is 36.7 Å². The van der Waals surface area contributed by atoms with E-state index in [9.17, 15) is 24.6 Å². The Morgan fingerprint density at radius 1 is 1.50 bits per heavy atom. The van der Waals surface area contributed by atoms with Gasteiger partial charge in [0.2, 0.25) is 5.91 Å². The molecule has 2 fully saturated rings. The molecule has 3 heterocycles. The average molecular weight is 355 g/mol. The number of amides is 1. The first-order valence-electron chi connectivity index (χ1n) is 7.94. The van der Waals surface area contributed by atoms with Gasteiger partial charge in [0.15, 0.2) is 5.78 Å². The van der Waals surface area contributed by atoms with Crippen molar-refractivity contribution in [1.29, 1.82) is 0 Å². The predicted octanol–water partition coefficient (Wildman–Crippen LogP) is -1.11. The van der Waals surface area contributed by atoms with Crippen LogP contribution in [-0.4, -0.2) is 69.3 Å². The number of carbonyl (C=O) groups excluding carboxylic acids is 2. The van der Waals surface area contributed by atoms with Crippen LogP contribution in [0, 0.1) is 5.92 Å². The minimum Gasteiger partial charge on any atom is -0.477 e. The normalized spacial score (nSPS) is 33.4. The van der Waals surface area contributed by atoms with Crippen molar-refractivity contribution in [3.63, 3.8) is 0 Å². The van der Waals surface area contributed by atoms with Crippen molar-refractivity contribution in [3.8, 4) is 0 Å². The smallest absolute Gasteiger partial charge is 0.353 e. The molecule has 5 atom stereocenters. The molecule has 8 nitrogen and oxygen atoms in total. The number of aliphatic hydroxyl groups is 1. The highest BCUT2D eigenvalue weighted by molar-refractivity contribution is 8.04. The summed E-state index contributed by atoms with van der Waals surface area (Å²) in [5, 5.41) is 22.4. The highest BCUT2D eigenvalue weighted by atomic mass is 32.2. The largest absolute Gasteiger partial charge is 0.477 e. The number of fused-ring (bicyclic) bond motifs is 1. The molecule has 0 saturated carbocycles. The summed E-state index contributed by atoms with van der Waals surface area (Å²) >= 11 is 1.26. The van der Waals surface area contributed by atoms with E-state index >= 15 is 0 Å². The first-order chi connectivity index (χ1) is 11.3. The van der Waals surface area contributed by atoms with Gasteiger partial charge < -0.3 is 26.2 Å². The lowest BCUT2D eigenvalue weighted by Gasteiger charge is -2.45. The Labute approximate surface area is 143 Å². The molecule has 0 spiro atoms. The number of nitrogens with two attached hydrogens (primary N) is 1. The predicted molar refractivity (Wildman–Crippen MR) is 86.9 cm³/mol. The molecule has 3 aliphatic heterocycles. The second kappa shape index (κ2) is 6.38. The van der Waals surface area contributed by atoms with Crippen LogP contribution in [0.5, 0.6) is 0 Å². The number of aliphatic carboxylic acids is 1. The molecular formula is C15H21N3O5S. The molecule has 0 aromatic rings. The Hall–Kier alpha value is -1.58. The Morgan fingerprint density at radius 2 is 2.21 bits per heavy atom. The van der Waals surface area contributed by atoms with Crippen LogP contribution in [0.15, 0.2) is 10.6 Å². The van der Waals surface area contributed by atoms with Crippen molar-refractivity contribution in [3.05, 3.63) is 10.6 Å². The Bertz CT molecular complexity index is 620. The molecule has 1 unspecified atom stereocenters. The highest BCUT2D eigenvalue weighted by Crippen LogP contribution is 2.45. The van der Waals surface area contributed by atoms with Gasteiger partial charge in [0.1, 0.15) is 11.7 Å². The number of hydrogen-bond donors (Lipinski definition) is 4. The number of thioether (sulfide) groups is 1. The van der Waals surface area contributed by atoms with E-state index in [1.54, 1.807) is 11.8 Å². The van der Waals surface area contributed by atoms with Gasteiger partial charge in [-0.1, -0.05) is 0 Å². The summed E-state index contributed by atoms with van der Waals surface area (Å²) in [6.07, 6.45) is 0.235. The average Bonchev–Trinajstić information content (AvgIpc) is 2.93. The summed E-state index contributed by atoms with van der Waals surface area (Å²) in [5.74, 6) is -1.94. The zero-order chi connectivity index (χ0) is 17.6. The number of nitrogens with zero attached hydrogens (tertiary/aromatic N) is 1. The molecule has 0 aliphatic carbocycles. The maximum Gasteiger partial charge on any atom is 0.353 e. The Morgan fingerprint density at radius 3 is 2.79 bits per heavy atom.